The first-order valence-corrected chi connectivity index (χ1v) is 11.1. The number of carbonyl (C=O) groups excluding carboxylic acids is 1. The minimum atomic E-state index is -4.04. The predicted molar refractivity (Wildman–Crippen MR) is 117 cm³/mol. The van der Waals surface area contributed by atoms with E-state index in [-0.39, 0.29) is 27.1 Å². The SMILES string of the molecule is Cc1ccc(S(=O)(=O)n2ccc3c(CO)c(Oc4ccc(F)c(C(N)=O)c4)c(F)cc32)cc1. The summed E-state index contributed by atoms with van der Waals surface area (Å²) in [5.74, 6) is -3.35. The highest BCUT2D eigenvalue weighted by Gasteiger charge is 2.24. The number of aliphatic hydroxyl groups is 1. The molecular formula is C23H18F2N2O5S. The van der Waals surface area contributed by atoms with Gasteiger partial charge in [0.1, 0.15) is 11.6 Å². The Kier molecular flexibility index (Phi) is 5.64. The lowest BCUT2D eigenvalue weighted by atomic mass is 10.1. The van der Waals surface area contributed by atoms with Gasteiger partial charge in [-0.25, -0.2) is 21.2 Å². The number of nitrogens with zero attached hydrogens (tertiary/aromatic N) is 1. The van der Waals surface area contributed by atoms with Gasteiger partial charge in [0.15, 0.2) is 11.6 Å². The predicted octanol–water partition coefficient (Wildman–Crippen LogP) is 3.85. The van der Waals surface area contributed by atoms with Crippen molar-refractivity contribution >= 4 is 26.8 Å². The number of ether oxygens (including phenoxy) is 1. The van der Waals surface area contributed by atoms with E-state index in [1.165, 1.54) is 30.5 Å². The number of amides is 1. The zero-order chi connectivity index (χ0) is 23.9. The first kappa shape index (κ1) is 22.4. The summed E-state index contributed by atoms with van der Waals surface area (Å²) in [4.78, 5) is 11.4. The van der Waals surface area contributed by atoms with Gasteiger partial charge in [0.05, 0.1) is 22.6 Å². The van der Waals surface area contributed by atoms with Crippen LogP contribution < -0.4 is 10.5 Å². The largest absolute Gasteiger partial charge is 0.454 e. The zero-order valence-corrected chi connectivity index (χ0v) is 18.1. The average molecular weight is 472 g/mol. The van der Waals surface area contributed by atoms with Gasteiger partial charge < -0.3 is 15.6 Å². The van der Waals surface area contributed by atoms with Crippen molar-refractivity contribution in [2.45, 2.75) is 18.4 Å². The summed E-state index contributed by atoms with van der Waals surface area (Å²) >= 11 is 0. The van der Waals surface area contributed by atoms with E-state index >= 15 is 4.39 Å². The molecule has 1 amide bonds. The minimum absolute atomic E-state index is 0.00130. The van der Waals surface area contributed by atoms with Crippen molar-refractivity contribution in [3.63, 3.8) is 0 Å². The smallest absolute Gasteiger partial charge is 0.268 e. The highest BCUT2D eigenvalue weighted by molar-refractivity contribution is 7.90. The Balaban J connectivity index is 1.84. The second-order valence-electron chi connectivity index (χ2n) is 7.29. The highest BCUT2D eigenvalue weighted by atomic mass is 32.2. The third-order valence-electron chi connectivity index (χ3n) is 5.13. The monoisotopic (exact) mass is 472 g/mol. The van der Waals surface area contributed by atoms with Crippen LogP contribution in [0.2, 0.25) is 0 Å². The second kappa shape index (κ2) is 8.30. The fourth-order valence-electron chi connectivity index (χ4n) is 3.45. The molecule has 0 atom stereocenters. The molecule has 0 saturated carbocycles. The van der Waals surface area contributed by atoms with E-state index in [9.17, 15) is 22.7 Å². The average Bonchev–Trinajstić information content (AvgIpc) is 3.19. The van der Waals surface area contributed by atoms with Crippen LogP contribution in [-0.4, -0.2) is 23.4 Å². The maximum atomic E-state index is 15.1. The van der Waals surface area contributed by atoms with Crippen molar-refractivity contribution in [2.75, 3.05) is 0 Å². The standard InChI is InChI=1S/C23H18F2N2O5S/c1-13-2-5-15(6-3-13)33(30,31)27-9-8-16-18(12-28)22(20(25)11-21(16)27)32-14-4-7-19(24)17(10-14)23(26)29/h2-11,28H,12H2,1H3,(H2,26,29). The van der Waals surface area contributed by atoms with Crippen molar-refractivity contribution in [3.05, 3.63) is 89.1 Å². The van der Waals surface area contributed by atoms with Crippen molar-refractivity contribution in [2.24, 2.45) is 5.73 Å². The molecule has 170 valence electrons. The number of benzene rings is 3. The van der Waals surface area contributed by atoms with E-state index in [0.29, 0.717) is 0 Å². The summed E-state index contributed by atoms with van der Waals surface area (Å²) in [5, 5.41) is 10.2. The van der Waals surface area contributed by atoms with Crippen LogP contribution in [0.25, 0.3) is 10.9 Å². The van der Waals surface area contributed by atoms with Crippen molar-refractivity contribution in [1.82, 2.24) is 3.97 Å². The Morgan fingerprint density at radius 2 is 1.76 bits per heavy atom. The van der Waals surface area contributed by atoms with Crippen LogP contribution in [0.15, 0.2) is 65.7 Å². The molecule has 0 unspecified atom stereocenters. The molecule has 10 heteroatoms. The number of rotatable bonds is 6. The van der Waals surface area contributed by atoms with E-state index in [1.807, 2.05) is 6.92 Å². The van der Waals surface area contributed by atoms with Gasteiger partial charge in [-0.05, 0) is 43.3 Å². The van der Waals surface area contributed by atoms with Crippen LogP contribution >= 0.6 is 0 Å². The summed E-state index contributed by atoms with van der Waals surface area (Å²) in [5.41, 5.74) is 5.54. The molecule has 0 aliphatic heterocycles. The molecule has 0 aliphatic rings. The number of carbonyl (C=O) groups is 1. The molecule has 0 spiro atoms. The summed E-state index contributed by atoms with van der Waals surface area (Å²) in [6.07, 6.45) is 1.26. The number of hydrogen-bond donors (Lipinski definition) is 2. The van der Waals surface area contributed by atoms with E-state index < -0.39 is 45.5 Å². The van der Waals surface area contributed by atoms with Gasteiger partial charge in [0.25, 0.3) is 15.9 Å². The summed E-state index contributed by atoms with van der Waals surface area (Å²) in [7, 11) is -4.04. The quantitative estimate of drug-likeness (QED) is 0.443. The maximum absolute atomic E-state index is 15.1. The fourth-order valence-corrected chi connectivity index (χ4v) is 4.79. The van der Waals surface area contributed by atoms with Gasteiger partial charge in [-0.15, -0.1) is 0 Å². The number of primary amides is 1. The van der Waals surface area contributed by atoms with E-state index in [2.05, 4.69) is 0 Å². The molecule has 3 N–H and O–H groups in total. The van der Waals surface area contributed by atoms with Crippen molar-refractivity contribution < 1.29 is 31.8 Å². The number of fused-ring (bicyclic) bond motifs is 1. The Bertz CT molecular complexity index is 1500. The van der Waals surface area contributed by atoms with Crippen molar-refractivity contribution in [1.29, 1.82) is 0 Å². The van der Waals surface area contributed by atoms with Crippen molar-refractivity contribution in [3.8, 4) is 11.5 Å². The first-order valence-electron chi connectivity index (χ1n) is 9.66. The Morgan fingerprint density at radius 3 is 2.39 bits per heavy atom. The normalized spacial score (nSPS) is 11.6. The lowest BCUT2D eigenvalue weighted by molar-refractivity contribution is 0.0996. The third-order valence-corrected chi connectivity index (χ3v) is 6.83. The van der Waals surface area contributed by atoms with Crippen LogP contribution in [0.3, 0.4) is 0 Å². The molecule has 4 rings (SSSR count). The van der Waals surface area contributed by atoms with E-state index in [0.717, 1.165) is 27.7 Å². The molecular weight excluding hydrogens is 454 g/mol. The number of aliphatic hydroxyl groups excluding tert-OH is 1. The number of aryl methyl sites for hydroxylation is 1. The van der Waals surface area contributed by atoms with Crippen LogP contribution in [0.4, 0.5) is 8.78 Å². The second-order valence-corrected chi connectivity index (χ2v) is 9.11. The maximum Gasteiger partial charge on any atom is 0.268 e. The molecule has 1 heterocycles. The number of hydrogen-bond acceptors (Lipinski definition) is 5. The lowest BCUT2D eigenvalue weighted by Crippen LogP contribution is -2.13. The molecule has 33 heavy (non-hydrogen) atoms. The molecule has 0 bridgehead atoms. The first-order chi connectivity index (χ1) is 15.6. The van der Waals surface area contributed by atoms with Gasteiger partial charge in [0, 0.05) is 23.2 Å². The molecule has 1 aromatic heterocycles. The highest BCUT2D eigenvalue weighted by Crippen LogP contribution is 2.36. The summed E-state index contributed by atoms with van der Waals surface area (Å²) < 4.78 is 61.5. The van der Waals surface area contributed by atoms with Gasteiger partial charge in [0.2, 0.25) is 0 Å². The van der Waals surface area contributed by atoms with E-state index in [4.69, 9.17) is 10.5 Å². The molecule has 7 nitrogen and oxygen atoms in total. The van der Waals surface area contributed by atoms with E-state index in [1.54, 1.807) is 12.1 Å². The van der Waals surface area contributed by atoms with Gasteiger partial charge in [-0.1, -0.05) is 17.7 Å². The molecule has 0 saturated heterocycles. The topological polar surface area (TPSA) is 112 Å². The Hall–Kier alpha value is -3.76. The van der Waals surface area contributed by atoms with Crippen LogP contribution in [0, 0.1) is 18.6 Å². The van der Waals surface area contributed by atoms with Crippen LogP contribution in [-0.2, 0) is 16.6 Å². The lowest BCUT2D eigenvalue weighted by Gasteiger charge is -2.14. The fraction of sp³-hybridized carbons (Fsp3) is 0.0870. The zero-order valence-electron chi connectivity index (χ0n) is 17.2. The number of aromatic nitrogens is 1. The molecule has 4 aromatic rings. The molecule has 0 fully saturated rings. The van der Waals surface area contributed by atoms with Crippen LogP contribution in [0.5, 0.6) is 11.5 Å². The van der Waals surface area contributed by atoms with Crippen LogP contribution in [0.1, 0.15) is 21.5 Å². The number of halogens is 2. The molecule has 3 aromatic carbocycles. The summed E-state index contributed by atoms with van der Waals surface area (Å²) in [6.45, 7) is 1.14. The Labute approximate surface area is 187 Å². The molecule has 0 radical (unpaired) electrons. The summed E-state index contributed by atoms with van der Waals surface area (Å²) in [6, 6.07) is 11.7. The van der Waals surface area contributed by atoms with Gasteiger partial charge >= 0.3 is 0 Å². The minimum Gasteiger partial charge on any atom is -0.454 e. The molecule has 0 aliphatic carbocycles. The Morgan fingerprint density at radius 1 is 1.06 bits per heavy atom. The van der Waals surface area contributed by atoms with Gasteiger partial charge in [-0.3, -0.25) is 4.79 Å². The number of nitrogens with two attached hydrogens (primary N) is 1. The third kappa shape index (κ3) is 3.94. The van der Waals surface area contributed by atoms with Gasteiger partial charge in [-0.2, -0.15) is 0 Å².